The molecule has 0 saturated carbocycles. The van der Waals surface area contributed by atoms with Crippen LogP contribution in [0, 0.1) is 5.82 Å². The molecule has 96 valence electrons. The van der Waals surface area contributed by atoms with Crippen LogP contribution in [-0.2, 0) is 0 Å². The molecule has 0 fully saturated rings. The molecule has 19 heavy (non-hydrogen) atoms. The molecule has 1 N–H and O–H groups in total. The smallest absolute Gasteiger partial charge is 0.167 e. The quantitative estimate of drug-likeness (QED) is 0.774. The van der Waals surface area contributed by atoms with Gasteiger partial charge in [-0.05, 0) is 23.6 Å². The SMILES string of the molecule is CNc1ccc(Oc2ccnc3ccsc23)c(F)c1. The standard InChI is InChI=1S/C14H11FN2OS/c1-16-9-2-3-12(10(15)8-9)18-13-4-6-17-11-5-7-19-14(11)13/h2-8,16H,1H3. The summed E-state index contributed by atoms with van der Waals surface area (Å²) in [6.07, 6.45) is 1.66. The molecule has 0 spiro atoms. The molecule has 0 aliphatic heterocycles. The predicted molar refractivity (Wildman–Crippen MR) is 75.6 cm³/mol. The highest BCUT2D eigenvalue weighted by Gasteiger charge is 2.09. The summed E-state index contributed by atoms with van der Waals surface area (Å²) >= 11 is 1.52. The van der Waals surface area contributed by atoms with E-state index >= 15 is 0 Å². The molecule has 3 rings (SSSR count). The number of anilines is 1. The van der Waals surface area contributed by atoms with Crippen molar-refractivity contribution in [1.82, 2.24) is 4.98 Å². The first-order valence-corrected chi connectivity index (χ1v) is 6.63. The van der Waals surface area contributed by atoms with E-state index in [1.807, 2.05) is 11.4 Å². The number of hydrogen-bond acceptors (Lipinski definition) is 4. The molecular formula is C14H11FN2OS. The monoisotopic (exact) mass is 274 g/mol. The average Bonchev–Trinajstić information content (AvgIpc) is 2.90. The number of ether oxygens (including phenoxy) is 1. The lowest BCUT2D eigenvalue weighted by Crippen LogP contribution is -1.92. The summed E-state index contributed by atoms with van der Waals surface area (Å²) in [4.78, 5) is 4.22. The maximum absolute atomic E-state index is 13.9. The van der Waals surface area contributed by atoms with Gasteiger partial charge in [-0.3, -0.25) is 4.98 Å². The zero-order valence-corrected chi connectivity index (χ0v) is 11.0. The van der Waals surface area contributed by atoms with Crippen molar-refractivity contribution in [2.75, 3.05) is 12.4 Å². The molecule has 0 bridgehead atoms. The van der Waals surface area contributed by atoms with Gasteiger partial charge in [-0.15, -0.1) is 11.3 Å². The summed E-state index contributed by atoms with van der Waals surface area (Å²) in [5.74, 6) is 0.435. The van der Waals surface area contributed by atoms with Crippen LogP contribution in [-0.4, -0.2) is 12.0 Å². The number of nitrogens with one attached hydrogen (secondary N) is 1. The fourth-order valence-electron chi connectivity index (χ4n) is 1.79. The van der Waals surface area contributed by atoms with Crippen LogP contribution in [0.25, 0.3) is 10.2 Å². The van der Waals surface area contributed by atoms with Gasteiger partial charge in [0.25, 0.3) is 0 Å². The van der Waals surface area contributed by atoms with Gasteiger partial charge in [-0.2, -0.15) is 0 Å². The molecule has 0 radical (unpaired) electrons. The van der Waals surface area contributed by atoms with E-state index in [9.17, 15) is 4.39 Å². The van der Waals surface area contributed by atoms with Gasteiger partial charge in [0.2, 0.25) is 0 Å². The zero-order valence-electron chi connectivity index (χ0n) is 10.2. The Hall–Kier alpha value is -2.14. The number of nitrogens with zero attached hydrogens (tertiary/aromatic N) is 1. The summed E-state index contributed by atoms with van der Waals surface area (Å²) < 4.78 is 20.4. The van der Waals surface area contributed by atoms with Gasteiger partial charge in [0.1, 0.15) is 5.75 Å². The van der Waals surface area contributed by atoms with Crippen LogP contribution in [0.1, 0.15) is 0 Å². The Bertz CT molecular complexity index is 726. The Morgan fingerprint density at radius 2 is 2.11 bits per heavy atom. The van der Waals surface area contributed by atoms with Gasteiger partial charge in [-0.25, -0.2) is 4.39 Å². The second kappa shape index (κ2) is 4.85. The molecule has 3 aromatic rings. The van der Waals surface area contributed by atoms with Crippen molar-refractivity contribution in [3.05, 3.63) is 47.7 Å². The van der Waals surface area contributed by atoms with Gasteiger partial charge < -0.3 is 10.1 Å². The Kier molecular flexibility index (Phi) is 3.05. The van der Waals surface area contributed by atoms with Crippen LogP contribution in [0.15, 0.2) is 41.9 Å². The largest absolute Gasteiger partial charge is 0.453 e. The Morgan fingerprint density at radius 3 is 2.89 bits per heavy atom. The fraction of sp³-hybridized carbons (Fsp3) is 0.0714. The van der Waals surface area contributed by atoms with Gasteiger partial charge in [0.15, 0.2) is 11.6 Å². The third-order valence-electron chi connectivity index (χ3n) is 2.75. The maximum atomic E-state index is 13.9. The number of hydrogen-bond donors (Lipinski definition) is 1. The van der Waals surface area contributed by atoms with Crippen LogP contribution in [0.3, 0.4) is 0 Å². The van der Waals surface area contributed by atoms with Crippen molar-refractivity contribution in [2.24, 2.45) is 0 Å². The Balaban J connectivity index is 1.99. The van der Waals surface area contributed by atoms with Crippen LogP contribution in [0.4, 0.5) is 10.1 Å². The molecule has 3 nitrogen and oxygen atoms in total. The van der Waals surface area contributed by atoms with Gasteiger partial charge in [-0.1, -0.05) is 0 Å². The minimum absolute atomic E-state index is 0.208. The molecule has 0 amide bonds. The van der Waals surface area contributed by atoms with E-state index in [2.05, 4.69) is 10.3 Å². The lowest BCUT2D eigenvalue weighted by molar-refractivity contribution is 0.447. The van der Waals surface area contributed by atoms with Crippen molar-refractivity contribution < 1.29 is 9.13 Å². The van der Waals surface area contributed by atoms with E-state index in [1.165, 1.54) is 17.4 Å². The van der Waals surface area contributed by atoms with E-state index in [0.29, 0.717) is 11.4 Å². The van der Waals surface area contributed by atoms with Crippen molar-refractivity contribution in [2.45, 2.75) is 0 Å². The van der Waals surface area contributed by atoms with E-state index in [-0.39, 0.29) is 5.75 Å². The molecule has 0 atom stereocenters. The number of benzene rings is 1. The number of thiophene rings is 1. The van der Waals surface area contributed by atoms with Crippen molar-refractivity contribution in [3.8, 4) is 11.5 Å². The third kappa shape index (κ3) is 2.24. The van der Waals surface area contributed by atoms with E-state index < -0.39 is 5.82 Å². The normalized spacial score (nSPS) is 10.6. The number of rotatable bonds is 3. The maximum Gasteiger partial charge on any atom is 0.167 e. The summed E-state index contributed by atoms with van der Waals surface area (Å²) in [7, 11) is 1.74. The second-order valence-corrected chi connectivity index (χ2v) is 4.86. The van der Waals surface area contributed by atoms with E-state index in [0.717, 1.165) is 10.2 Å². The van der Waals surface area contributed by atoms with Gasteiger partial charge in [0, 0.05) is 31.1 Å². The fourth-order valence-corrected chi connectivity index (χ4v) is 2.59. The Morgan fingerprint density at radius 1 is 1.21 bits per heavy atom. The molecule has 0 unspecified atom stereocenters. The first-order valence-electron chi connectivity index (χ1n) is 5.75. The predicted octanol–water partition coefficient (Wildman–Crippen LogP) is 4.27. The molecule has 1 aromatic carbocycles. The molecule has 0 aliphatic rings. The zero-order chi connectivity index (χ0) is 13.2. The number of fused-ring (bicyclic) bond motifs is 1. The number of aromatic nitrogens is 1. The first kappa shape index (κ1) is 11.9. The van der Waals surface area contributed by atoms with E-state index in [4.69, 9.17) is 4.74 Å². The first-order chi connectivity index (χ1) is 9.28. The minimum Gasteiger partial charge on any atom is -0.453 e. The number of pyridine rings is 1. The van der Waals surface area contributed by atoms with Crippen molar-refractivity contribution in [1.29, 1.82) is 0 Å². The molecular weight excluding hydrogens is 263 g/mol. The van der Waals surface area contributed by atoms with E-state index in [1.54, 1.807) is 31.4 Å². The Labute approximate surface area is 113 Å². The molecule has 0 saturated heterocycles. The van der Waals surface area contributed by atoms with Crippen LogP contribution in [0.2, 0.25) is 0 Å². The lowest BCUT2D eigenvalue weighted by Gasteiger charge is -2.08. The van der Waals surface area contributed by atoms with Gasteiger partial charge in [0.05, 0.1) is 10.2 Å². The third-order valence-corrected chi connectivity index (χ3v) is 3.67. The molecule has 5 heteroatoms. The van der Waals surface area contributed by atoms with Gasteiger partial charge >= 0.3 is 0 Å². The average molecular weight is 274 g/mol. The number of halogens is 1. The van der Waals surface area contributed by atoms with Crippen molar-refractivity contribution in [3.63, 3.8) is 0 Å². The van der Waals surface area contributed by atoms with Crippen LogP contribution >= 0.6 is 11.3 Å². The lowest BCUT2D eigenvalue weighted by atomic mass is 10.3. The summed E-state index contributed by atoms with van der Waals surface area (Å²) in [6.45, 7) is 0. The highest BCUT2D eigenvalue weighted by Crippen LogP contribution is 2.33. The van der Waals surface area contributed by atoms with Crippen LogP contribution in [0.5, 0.6) is 11.5 Å². The topological polar surface area (TPSA) is 34.1 Å². The minimum atomic E-state index is -0.395. The summed E-state index contributed by atoms with van der Waals surface area (Å²) in [6, 6.07) is 8.44. The second-order valence-electron chi connectivity index (χ2n) is 3.94. The molecule has 2 heterocycles. The summed E-state index contributed by atoms with van der Waals surface area (Å²) in [5.41, 5.74) is 1.57. The summed E-state index contributed by atoms with van der Waals surface area (Å²) in [5, 5.41) is 4.82. The van der Waals surface area contributed by atoms with Crippen molar-refractivity contribution >= 4 is 27.2 Å². The highest BCUT2D eigenvalue weighted by atomic mass is 32.1. The highest BCUT2D eigenvalue weighted by molar-refractivity contribution is 7.17. The van der Waals surface area contributed by atoms with Crippen LogP contribution < -0.4 is 10.1 Å². The molecule has 2 aromatic heterocycles. The molecule has 0 aliphatic carbocycles.